The third kappa shape index (κ3) is 2.93. The number of nitrogens with zero attached hydrogens (tertiary/aromatic N) is 1. The van der Waals surface area contributed by atoms with Crippen LogP contribution in [0.5, 0.6) is 0 Å². The van der Waals surface area contributed by atoms with Crippen molar-refractivity contribution >= 4 is 22.9 Å². The zero-order valence-electron chi connectivity index (χ0n) is 9.64. The Morgan fingerprint density at radius 3 is 3.24 bits per heavy atom. The molecule has 1 aromatic carbocycles. The molecule has 1 aromatic heterocycles. The molecule has 0 aliphatic carbocycles. The van der Waals surface area contributed by atoms with E-state index in [1.807, 2.05) is 24.3 Å². The molecular formula is C13H14N2O2. The molecule has 2 rings (SSSR count). The van der Waals surface area contributed by atoms with Gasteiger partial charge in [0.1, 0.15) is 0 Å². The van der Waals surface area contributed by atoms with Crippen LogP contribution >= 0.6 is 0 Å². The number of carbonyl (C=O) groups is 1. The van der Waals surface area contributed by atoms with Gasteiger partial charge >= 0.3 is 5.97 Å². The number of fused-ring (bicyclic) bond motifs is 1. The molecule has 0 bridgehead atoms. The minimum absolute atomic E-state index is 0.201. The number of rotatable bonds is 4. The number of hydrogen-bond acceptors (Lipinski definition) is 3. The van der Waals surface area contributed by atoms with Gasteiger partial charge in [-0.1, -0.05) is 18.2 Å². The molecular weight excluding hydrogens is 216 g/mol. The second-order valence-electron chi connectivity index (χ2n) is 3.63. The molecule has 88 valence electrons. The average Bonchev–Trinajstić information content (AvgIpc) is 2.76. The van der Waals surface area contributed by atoms with Crippen LogP contribution in [0.3, 0.4) is 0 Å². The van der Waals surface area contributed by atoms with Crippen LogP contribution in [0.15, 0.2) is 30.5 Å². The van der Waals surface area contributed by atoms with Gasteiger partial charge in [0.15, 0.2) is 0 Å². The lowest BCUT2D eigenvalue weighted by Crippen LogP contribution is -2.01. The minimum atomic E-state index is -0.201. The highest BCUT2D eigenvalue weighted by molar-refractivity contribution is 5.81. The first-order valence-electron chi connectivity index (χ1n) is 5.55. The van der Waals surface area contributed by atoms with Gasteiger partial charge in [-0.25, -0.2) is 0 Å². The van der Waals surface area contributed by atoms with Gasteiger partial charge in [-0.05, 0) is 24.6 Å². The van der Waals surface area contributed by atoms with E-state index in [2.05, 4.69) is 10.2 Å². The van der Waals surface area contributed by atoms with Crippen LogP contribution in [-0.4, -0.2) is 22.8 Å². The fourth-order valence-electron chi connectivity index (χ4n) is 1.58. The second kappa shape index (κ2) is 5.30. The predicted octanol–water partition coefficient (Wildman–Crippen LogP) is 2.53. The van der Waals surface area contributed by atoms with Crippen LogP contribution in [-0.2, 0) is 9.53 Å². The van der Waals surface area contributed by atoms with Crippen molar-refractivity contribution < 1.29 is 9.53 Å². The number of aromatic nitrogens is 2. The standard InChI is InChI=1S/C13H14N2O2/c1-2-17-13(16)5-3-4-10-6-7-12-11(8-10)9-14-15-12/h3-4,6-9H,2,5H2,1H3,(H,14,15). The van der Waals surface area contributed by atoms with E-state index in [0.29, 0.717) is 13.0 Å². The Morgan fingerprint density at radius 1 is 1.53 bits per heavy atom. The van der Waals surface area contributed by atoms with Crippen LogP contribution in [0, 0.1) is 0 Å². The number of ether oxygens (including phenoxy) is 1. The van der Waals surface area contributed by atoms with Crippen LogP contribution in [0.1, 0.15) is 18.9 Å². The van der Waals surface area contributed by atoms with E-state index in [1.165, 1.54) is 0 Å². The Morgan fingerprint density at radius 2 is 2.41 bits per heavy atom. The van der Waals surface area contributed by atoms with Crippen LogP contribution in [0.25, 0.3) is 17.0 Å². The highest BCUT2D eigenvalue weighted by Crippen LogP contribution is 2.14. The molecule has 17 heavy (non-hydrogen) atoms. The lowest BCUT2D eigenvalue weighted by atomic mass is 10.1. The summed E-state index contributed by atoms with van der Waals surface area (Å²) >= 11 is 0. The first-order valence-corrected chi connectivity index (χ1v) is 5.55. The molecule has 0 unspecified atom stereocenters. The van der Waals surface area contributed by atoms with Crippen molar-refractivity contribution in [2.75, 3.05) is 6.61 Å². The van der Waals surface area contributed by atoms with Gasteiger partial charge in [0.05, 0.1) is 24.7 Å². The Kier molecular flexibility index (Phi) is 3.55. The number of H-pyrrole nitrogens is 1. The van der Waals surface area contributed by atoms with Gasteiger partial charge in [0.2, 0.25) is 0 Å². The molecule has 2 aromatic rings. The number of carbonyl (C=O) groups excluding carboxylic acids is 1. The van der Waals surface area contributed by atoms with Crippen molar-refractivity contribution in [3.05, 3.63) is 36.0 Å². The Bertz CT molecular complexity index is 543. The molecule has 0 atom stereocenters. The van der Waals surface area contributed by atoms with Crippen molar-refractivity contribution in [1.29, 1.82) is 0 Å². The van der Waals surface area contributed by atoms with E-state index in [1.54, 1.807) is 19.2 Å². The molecule has 1 heterocycles. The monoisotopic (exact) mass is 230 g/mol. The van der Waals surface area contributed by atoms with Crippen LogP contribution in [0.2, 0.25) is 0 Å². The summed E-state index contributed by atoms with van der Waals surface area (Å²) in [4.78, 5) is 11.1. The smallest absolute Gasteiger partial charge is 0.309 e. The third-order valence-corrected chi connectivity index (χ3v) is 2.36. The van der Waals surface area contributed by atoms with Crippen molar-refractivity contribution in [3.63, 3.8) is 0 Å². The molecule has 4 heteroatoms. The molecule has 1 N–H and O–H groups in total. The SMILES string of the molecule is CCOC(=O)CC=Cc1ccc2[nH]ncc2c1. The largest absolute Gasteiger partial charge is 0.466 e. The Labute approximate surface area is 99.3 Å². The van der Waals surface area contributed by atoms with Crippen molar-refractivity contribution in [1.82, 2.24) is 10.2 Å². The van der Waals surface area contributed by atoms with E-state index < -0.39 is 0 Å². The van der Waals surface area contributed by atoms with Gasteiger partial charge in [-0.15, -0.1) is 0 Å². The van der Waals surface area contributed by atoms with Crippen molar-refractivity contribution in [2.24, 2.45) is 0 Å². The summed E-state index contributed by atoms with van der Waals surface area (Å²) in [6, 6.07) is 5.95. The van der Waals surface area contributed by atoms with Gasteiger partial charge in [-0.3, -0.25) is 9.89 Å². The first kappa shape index (κ1) is 11.4. The van der Waals surface area contributed by atoms with E-state index in [4.69, 9.17) is 4.74 Å². The predicted molar refractivity (Wildman–Crippen MR) is 66.4 cm³/mol. The molecule has 0 spiro atoms. The molecule has 0 saturated heterocycles. The first-order chi connectivity index (χ1) is 8.29. The fraction of sp³-hybridized carbons (Fsp3) is 0.231. The number of nitrogens with one attached hydrogen (secondary N) is 1. The summed E-state index contributed by atoms with van der Waals surface area (Å²) in [6.07, 6.45) is 5.79. The zero-order valence-corrected chi connectivity index (χ0v) is 9.64. The normalized spacial score (nSPS) is 11.1. The third-order valence-electron chi connectivity index (χ3n) is 2.36. The maximum absolute atomic E-state index is 11.1. The van der Waals surface area contributed by atoms with Crippen molar-refractivity contribution in [2.45, 2.75) is 13.3 Å². The lowest BCUT2D eigenvalue weighted by molar-refractivity contribution is -0.142. The van der Waals surface area contributed by atoms with E-state index in [9.17, 15) is 4.79 Å². The summed E-state index contributed by atoms with van der Waals surface area (Å²) in [5, 5.41) is 7.90. The lowest BCUT2D eigenvalue weighted by Gasteiger charge is -1.97. The Hall–Kier alpha value is -2.10. The zero-order chi connectivity index (χ0) is 12.1. The van der Waals surface area contributed by atoms with E-state index >= 15 is 0 Å². The molecule has 0 radical (unpaired) electrons. The maximum Gasteiger partial charge on any atom is 0.309 e. The molecule has 0 fully saturated rings. The van der Waals surface area contributed by atoms with E-state index in [-0.39, 0.29) is 5.97 Å². The highest BCUT2D eigenvalue weighted by atomic mass is 16.5. The molecule has 0 saturated carbocycles. The van der Waals surface area contributed by atoms with Crippen molar-refractivity contribution in [3.8, 4) is 0 Å². The Balaban J connectivity index is 2.02. The number of hydrogen-bond donors (Lipinski definition) is 1. The average molecular weight is 230 g/mol. The second-order valence-corrected chi connectivity index (χ2v) is 3.63. The number of esters is 1. The highest BCUT2D eigenvalue weighted by Gasteiger charge is 1.98. The molecule has 0 aliphatic rings. The van der Waals surface area contributed by atoms with Gasteiger partial charge in [0, 0.05) is 5.39 Å². The van der Waals surface area contributed by atoms with Gasteiger partial charge < -0.3 is 4.74 Å². The summed E-state index contributed by atoms with van der Waals surface area (Å²) in [7, 11) is 0. The maximum atomic E-state index is 11.1. The van der Waals surface area contributed by atoms with Crippen LogP contribution < -0.4 is 0 Å². The minimum Gasteiger partial charge on any atom is -0.466 e. The van der Waals surface area contributed by atoms with Gasteiger partial charge in [0.25, 0.3) is 0 Å². The summed E-state index contributed by atoms with van der Waals surface area (Å²) < 4.78 is 4.83. The van der Waals surface area contributed by atoms with Crippen LogP contribution in [0.4, 0.5) is 0 Å². The topological polar surface area (TPSA) is 55.0 Å². The quantitative estimate of drug-likeness (QED) is 0.821. The van der Waals surface area contributed by atoms with Gasteiger partial charge in [-0.2, -0.15) is 5.10 Å². The summed E-state index contributed by atoms with van der Waals surface area (Å²) in [5.74, 6) is -0.201. The number of aromatic amines is 1. The summed E-state index contributed by atoms with van der Waals surface area (Å²) in [5.41, 5.74) is 2.05. The summed E-state index contributed by atoms with van der Waals surface area (Å²) in [6.45, 7) is 2.22. The van der Waals surface area contributed by atoms with E-state index in [0.717, 1.165) is 16.5 Å². The number of benzene rings is 1. The molecule has 0 aliphatic heterocycles. The fourth-order valence-corrected chi connectivity index (χ4v) is 1.58. The molecule has 0 amide bonds. The molecule has 4 nitrogen and oxygen atoms in total.